The first-order valence-electron chi connectivity index (χ1n) is 6.14. The van der Waals surface area contributed by atoms with E-state index in [9.17, 15) is 4.79 Å². The van der Waals surface area contributed by atoms with Crippen molar-refractivity contribution < 1.29 is 9.53 Å². The van der Waals surface area contributed by atoms with Crippen LogP contribution in [-0.4, -0.2) is 55.7 Å². The lowest BCUT2D eigenvalue weighted by Crippen LogP contribution is -2.57. The molecular formula is C11H21N3O2. The van der Waals surface area contributed by atoms with Crippen molar-refractivity contribution in [2.45, 2.75) is 31.3 Å². The number of carbonyl (C=O) groups excluding carboxylic acids is 1. The smallest absolute Gasteiger partial charge is 0.237 e. The van der Waals surface area contributed by atoms with Crippen LogP contribution < -0.4 is 11.1 Å². The Balaban J connectivity index is 2.04. The molecule has 2 atom stereocenters. The molecule has 0 saturated carbocycles. The van der Waals surface area contributed by atoms with E-state index in [0.29, 0.717) is 19.8 Å². The maximum Gasteiger partial charge on any atom is 0.237 e. The van der Waals surface area contributed by atoms with Crippen molar-refractivity contribution in [1.29, 1.82) is 0 Å². The first kappa shape index (κ1) is 11.8. The summed E-state index contributed by atoms with van der Waals surface area (Å²) in [5.41, 5.74) is 5.73. The maximum absolute atomic E-state index is 11.9. The Morgan fingerprint density at radius 1 is 1.50 bits per heavy atom. The van der Waals surface area contributed by atoms with Crippen molar-refractivity contribution in [3.63, 3.8) is 0 Å². The fraction of sp³-hybridized carbons (Fsp3) is 0.909. The van der Waals surface area contributed by atoms with E-state index in [1.165, 1.54) is 0 Å². The molecule has 2 unspecified atom stereocenters. The van der Waals surface area contributed by atoms with Crippen LogP contribution in [0.15, 0.2) is 0 Å². The molecule has 0 bridgehead atoms. The van der Waals surface area contributed by atoms with Crippen LogP contribution in [-0.2, 0) is 9.53 Å². The van der Waals surface area contributed by atoms with E-state index in [0.717, 1.165) is 32.4 Å². The van der Waals surface area contributed by atoms with E-state index < -0.39 is 0 Å². The van der Waals surface area contributed by atoms with E-state index in [2.05, 4.69) is 10.2 Å². The van der Waals surface area contributed by atoms with Crippen LogP contribution in [0.5, 0.6) is 0 Å². The summed E-state index contributed by atoms with van der Waals surface area (Å²) in [4.78, 5) is 14.2. The molecule has 16 heavy (non-hydrogen) atoms. The van der Waals surface area contributed by atoms with Gasteiger partial charge in [-0.05, 0) is 19.3 Å². The average molecular weight is 227 g/mol. The van der Waals surface area contributed by atoms with E-state index >= 15 is 0 Å². The second-order valence-corrected chi connectivity index (χ2v) is 4.50. The molecule has 0 aromatic carbocycles. The molecule has 2 aliphatic heterocycles. The lowest BCUT2D eigenvalue weighted by molar-refractivity contribution is -0.130. The molecule has 0 radical (unpaired) electrons. The van der Waals surface area contributed by atoms with Crippen molar-refractivity contribution in [2.75, 3.05) is 32.8 Å². The second kappa shape index (κ2) is 5.61. The van der Waals surface area contributed by atoms with Crippen molar-refractivity contribution in [2.24, 2.45) is 5.73 Å². The summed E-state index contributed by atoms with van der Waals surface area (Å²) in [7, 11) is 0. The molecular weight excluding hydrogens is 206 g/mol. The van der Waals surface area contributed by atoms with Gasteiger partial charge in [-0.25, -0.2) is 0 Å². The summed E-state index contributed by atoms with van der Waals surface area (Å²) in [6.45, 7) is 3.55. The van der Waals surface area contributed by atoms with Crippen LogP contribution in [0, 0.1) is 0 Å². The maximum atomic E-state index is 11.9. The molecule has 0 aromatic heterocycles. The molecule has 2 saturated heterocycles. The van der Waals surface area contributed by atoms with Gasteiger partial charge in [0.25, 0.3) is 0 Å². The highest BCUT2D eigenvalue weighted by Gasteiger charge is 2.33. The lowest BCUT2D eigenvalue weighted by atomic mass is 10.1. The van der Waals surface area contributed by atoms with Crippen LogP contribution >= 0.6 is 0 Å². The zero-order chi connectivity index (χ0) is 11.4. The Bertz CT molecular complexity index is 247. The van der Waals surface area contributed by atoms with E-state index in [1.54, 1.807) is 0 Å². The molecule has 1 amide bonds. The predicted molar refractivity (Wildman–Crippen MR) is 61.0 cm³/mol. The Morgan fingerprint density at radius 3 is 3.19 bits per heavy atom. The third-order valence-electron chi connectivity index (χ3n) is 3.45. The summed E-state index contributed by atoms with van der Waals surface area (Å²) in [6.07, 6.45) is 3.14. The monoisotopic (exact) mass is 227 g/mol. The number of rotatable bonds is 2. The van der Waals surface area contributed by atoms with Gasteiger partial charge in [-0.1, -0.05) is 0 Å². The van der Waals surface area contributed by atoms with Crippen LogP contribution in [0.3, 0.4) is 0 Å². The van der Waals surface area contributed by atoms with Gasteiger partial charge in [0.1, 0.15) is 0 Å². The normalized spacial score (nSPS) is 33.2. The van der Waals surface area contributed by atoms with Gasteiger partial charge in [-0.2, -0.15) is 0 Å². The number of amides is 1. The quantitative estimate of drug-likeness (QED) is 0.655. The summed E-state index contributed by atoms with van der Waals surface area (Å²) in [6, 6.07) is 0.197. The number of nitrogens with two attached hydrogens (primary N) is 1. The molecule has 2 rings (SSSR count). The highest BCUT2D eigenvalue weighted by atomic mass is 16.5. The fourth-order valence-corrected chi connectivity index (χ4v) is 2.52. The molecule has 3 N–H and O–H groups in total. The Hall–Kier alpha value is -0.650. The third-order valence-corrected chi connectivity index (χ3v) is 3.45. The number of nitrogens with zero attached hydrogens (tertiary/aromatic N) is 1. The number of hydrogen-bond donors (Lipinski definition) is 2. The van der Waals surface area contributed by atoms with E-state index in [-0.39, 0.29) is 18.0 Å². The van der Waals surface area contributed by atoms with Crippen LogP contribution in [0.2, 0.25) is 0 Å². The van der Waals surface area contributed by atoms with Crippen molar-refractivity contribution >= 4 is 5.91 Å². The molecule has 92 valence electrons. The van der Waals surface area contributed by atoms with Crippen LogP contribution in [0.4, 0.5) is 0 Å². The fourth-order valence-electron chi connectivity index (χ4n) is 2.52. The topological polar surface area (TPSA) is 67.6 Å². The van der Waals surface area contributed by atoms with Crippen molar-refractivity contribution in [3.05, 3.63) is 0 Å². The Kier molecular flexibility index (Phi) is 4.15. The molecule has 5 nitrogen and oxygen atoms in total. The van der Waals surface area contributed by atoms with Gasteiger partial charge in [-0.3, -0.25) is 9.69 Å². The number of morpholine rings is 1. The molecule has 2 aliphatic rings. The van der Waals surface area contributed by atoms with Gasteiger partial charge in [-0.15, -0.1) is 0 Å². The summed E-state index contributed by atoms with van der Waals surface area (Å²) in [5, 5.41) is 2.97. The number of hydrogen-bond acceptors (Lipinski definition) is 4. The van der Waals surface area contributed by atoms with Crippen LogP contribution in [0.1, 0.15) is 19.3 Å². The molecule has 5 heteroatoms. The number of carbonyl (C=O) groups is 1. The van der Waals surface area contributed by atoms with Gasteiger partial charge in [0.2, 0.25) is 5.91 Å². The van der Waals surface area contributed by atoms with Crippen molar-refractivity contribution in [1.82, 2.24) is 10.2 Å². The van der Waals surface area contributed by atoms with Gasteiger partial charge in [0, 0.05) is 25.7 Å². The summed E-state index contributed by atoms with van der Waals surface area (Å²) in [5.74, 6) is 0.165. The van der Waals surface area contributed by atoms with Gasteiger partial charge < -0.3 is 15.8 Å². The summed E-state index contributed by atoms with van der Waals surface area (Å²) >= 11 is 0. The zero-order valence-electron chi connectivity index (χ0n) is 9.65. The Labute approximate surface area is 96.3 Å². The van der Waals surface area contributed by atoms with Gasteiger partial charge >= 0.3 is 0 Å². The first-order valence-corrected chi connectivity index (χ1v) is 6.14. The number of ether oxygens (including phenoxy) is 1. The molecule has 0 spiro atoms. The van der Waals surface area contributed by atoms with Gasteiger partial charge in [0.05, 0.1) is 19.3 Å². The molecule has 2 heterocycles. The number of nitrogens with one attached hydrogen (secondary N) is 1. The van der Waals surface area contributed by atoms with E-state index in [4.69, 9.17) is 10.5 Å². The molecule has 2 fully saturated rings. The third kappa shape index (κ3) is 2.53. The molecule has 0 aliphatic carbocycles. The summed E-state index contributed by atoms with van der Waals surface area (Å²) < 4.78 is 5.41. The van der Waals surface area contributed by atoms with Gasteiger partial charge in [0.15, 0.2) is 0 Å². The minimum absolute atomic E-state index is 0.0000463. The lowest BCUT2D eigenvalue weighted by Gasteiger charge is -2.39. The van der Waals surface area contributed by atoms with E-state index in [1.807, 2.05) is 0 Å². The minimum atomic E-state index is -0.0000463. The highest BCUT2D eigenvalue weighted by Crippen LogP contribution is 2.17. The largest absolute Gasteiger partial charge is 0.378 e. The molecule has 0 aromatic rings. The minimum Gasteiger partial charge on any atom is -0.378 e. The first-order chi connectivity index (χ1) is 7.83. The average Bonchev–Trinajstić information content (AvgIpc) is 2.54. The zero-order valence-corrected chi connectivity index (χ0v) is 9.65. The standard InChI is InChI=1S/C11H21N3O2/c12-7-9-8-16-6-5-14(9)10-3-1-2-4-13-11(10)15/h9-10H,1-8,12H2,(H,13,15). The van der Waals surface area contributed by atoms with Crippen LogP contribution in [0.25, 0.3) is 0 Å². The van der Waals surface area contributed by atoms with Crippen molar-refractivity contribution in [3.8, 4) is 0 Å². The SMILES string of the molecule is NCC1COCCN1C1CCCCNC1=O. The highest BCUT2D eigenvalue weighted by molar-refractivity contribution is 5.82. The second-order valence-electron chi connectivity index (χ2n) is 4.50. The predicted octanol–water partition coefficient (Wildman–Crippen LogP) is -0.685. The Morgan fingerprint density at radius 2 is 2.38 bits per heavy atom.